The summed E-state index contributed by atoms with van der Waals surface area (Å²) >= 11 is 1.84. The van der Waals surface area contributed by atoms with Gasteiger partial charge in [0.25, 0.3) is 0 Å². The molecule has 0 N–H and O–H groups in total. The molecule has 8 aromatic carbocycles. The molecule has 3 heterocycles. The van der Waals surface area contributed by atoms with E-state index in [2.05, 4.69) is 206 Å². The van der Waals surface area contributed by atoms with E-state index >= 15 is 0 Å². The molecule has 0 spiro atoms. The van der Waals surface area contributed by atoms with Crippen LogP contribution in [0.3, 0.4) is 0 Å². The molecule has 11 aromatic rings. The topological polar surface area (TPSA) is 51.6 Å². The molecule has 5 heteroatoms. The number of aromatic nitrogens is 4. The number of hydrogen-bond acceptors (Lipinski definition) is 5. The fourth-order valence-electron chi connectivity index (χ4n) is 8.12. The Labute approximate surface area is 358 Å². The second-order valence-electron chi connectivity index (χ2n) is 15.0. The molecule has 0 atom stereocenters. The molecular formula is C56H36N4S. The minimum absolute atomic E-state index is 0.594. The fourth-order valence-corrected chi connectivity index (χ4v) is 9.49. The Bertz CT molecular complexity index is 3210. The van der Waals surface area contributed by atoms with Crippen LogP contribution in [0.15, 0.2) is 218 Å². The molecule has 0 fully saturated rings. The molecule has 61 heavy (non-hydrogen) atoms. The van der Waals surface area contributed by atoms with Crippen molar-refractivity contribution in [2.45, 2.75) is 0 Å². The van der Waals surface area contributed by atoms with Crippen molar-refractivity contribution in [3.8, 4) is 89.2 Å². The van der Waals surface area contributed by atoms with Crippen LogP contribution in [0.5, 0.6) is 0 Å². The molecule has 0 saturated carbocycles. The van der Waals surface area contributed by atoms with Gasteiger partial charge in [-0.3, -0.25) is 0 Å². The average molecular weight is 797 g/mol. The number of rotatable bonds is 8. The summed E-state index contributed by atoms with van der Waals surface area (Å²) in [4.78, 5) is 22.1. The van der Waals surface area contributed by atoms with Crippen LogP contribution in [-0.4, -0.2) is 19.9 Å². The number of pyridine rings is 1. The van der Waals surface area contributed by atoms with Crippen molar-refractivity contribution in [2.75, 3.05) is 0 Å². The first-order chi connectivity index (χ1) is 30.2. The third-order valence-corrected chi connectivity index (χ3v) is 12.4. The highest BCUT2D eigenvalue weighted by molar-refractivity contribution is 7.24. The molecule has 0 aliphatic carbocycles. The number of fused-ring (bicyclic) bond motifs is 3. The Hall–Kier alpha value is -7.86. The van der Waals surface area contributed by atoms with E-state index in [1.165, 1.54) is 20.7 Å². The van der Waals surface area contributed by atoms with Gasteiger partial charge in [0.1, 0.15) is 0 Å². The van der Waals surface area contributed by atoms with Gasteiger partial charge in [0.2, 0.25) is 0 Å². The molecule has 0 unspecified atom stereocenters. The van der Waals surface area contributed by atoms with E-state index in [1.54, 1.807) is 0 Å². The van der Waals surface area contributed by atoms with E-state index in [0.717, 1.165) is 72.1 Å². The van der Waals surface area contributed by atoms with Crippen LogP contribution >= 0.6 is 11.3 Å². The van der Waals surface area contributed by atoms with Crippen molar-refractivity contribution in [1.29, 1.82) is 0 Å². The number of benzene rings is 8. The number of para-hydroxylation sites is 1. The van der Waals surface area contributed by atoms with E-state index < -0.39 is 0 Å². The van der Waals surface area contributed by atoms with Crippen LogP contribution in [-0.2, 0) is 0 Å². The third kappa shape index (κ3) is 6.97. The summed E-state index contributed by atoms with van der Waals surface area (Å²) in [7, 11) is 0. The van der Waals surface area contributed by atoms with E-state index in [1.807, 2.05) is 23.5 Å². The van der Waals surface area contributed by atoms with E-state index in [9.17, 15) is 0 Å². The summed E-state index contributed by atoms with van der Waals surface area (Å²) in [5, 5.41) is 2.28. The molecule has 0 aliphatic rings. The van der Waals surface area contributed by atoms with Crippen molar-refractivity contribution in [3.05, 3.63) is 218 Å². The maximum atomic E-state index is 5.45. The van der Waals surface area contributed by atoms with Gasteiger partial charge < -0.3 is 0 Å². The van der Waals surface area contributed by atoms with Crippen molar-refractivity contribution in [3.63, 3.8) is 0 Å². The normalized spacial score (nSPS) is 11.3. The predicted molar refractivity (Wildman–Crippen MR) is 254 cm³/mol. The van der Waals surface area contributed by atoms with Crippen LogP contribution in [0.25, 0.3) is 110 Å². The summed E-state index contributed by atoms with van der Waals surface area (Å²) in [6.45, 7) is 0. The summed E-state index contributed by atoms with van der Waals surface area (Å²) in [6.07, 6.45) is 0. The quantitative estimate of drug-likeness (QED) is 0.154. The van der Waals surface area contributed by atoms with Crippen molar-refractivity contribution >= 4 is 32.3 Å². The van der Waals surface area contributed by atoms with Gasteiger partial charge in [0.15, 0.2) is 17.5 Å². The standard InChI is InChI=1S/C56H36N4S/c1-5-16-37(17-6-1)39-28-32-43(33-29-39)54-58-55(44-34-30-40(31-35-44)38-18-7-2-8-19-38)60-56(59-54)46-25-15-24-45(36-46)51-50-49(41-20-9-3-10-21-41)52(42-22-11-4-12-23-42)61-53(50)47-26-13-14-27-48(47)57-51/h1-36H. The Morgan fingerprint density at radius 2 is 0.705 bits per heavy atom. The lowest BCUT2D eigenvalue weighted by molar-refractivity contribution is 1.07. The number of thiophene rings is 1. The first kappa shape index (κ1) is 36.2. The maximum Gasteiger partial charge on any atom is 0.164 e. The molecule has 0 saturated heterocycles. The molecule has 0 radical (unpaired) electrons. The highest BCUT2D eigenvalue weighted by atomic mass is 32.1. The second kappa shape index (κ2) is 15.7. The predicted octanol–water partition coefficient (Wildman–Crippen LogP) is 15.0. The van der Waals surface area contributed by atoms with Crippen LogP contribution in [0.2, 0.25) is 0 Å². The maximum absolute atomic E-state index is 5.45. The lowest BCUT2D eigenvalue weighted by Gasteiger charge is -2.12. The lowest BCUT2D eigenvalue weighted by atomic mass is 9.94. The van der Waals surface area contributed by atoms with Crippen LogP contribution in [0, 0.1) is 0 Å². The van der Waals surface area contributed by atoms with Gasteiger partial charge in [-0.25, -0.2) is 19.9 Å². The van der Waals surface area contributed by atoms with Gasteiger partial charge in [-0.05, 0) is 45.5 Å². The molecule has 11 rings (SSSR count). The molecule has 4 nitrogen and oxygen atoms in total. The summed E-state index contributed by atoms with van der Waals surface area (Å²) in [5.41, 5.74) is 13.7. The Kier molecular flexibility index (Phi) is 9.34. The monoisotopic (exact) mass is 796 g/mol. The third-order valence-electron chi connectivity index (χ3n) is 11.2. The Balaban J connectivity index is 1.09. The number of hydrogen-bond donors (Lipinski definition) is 0. The van der Waals surface area contributed by atoms with E-state index in [0.29, 0.717) is 17.5 Å². The van der Waals surface area contributed by atoms with E-state index in [4.69, 9.17) is 19.9 Å². The summed E-state index contributed by atoms with van der Waals surface area (Å²) in [5.74, 6) is 1.82. The van der Waals surface area contributed by atoms with Gasteiger partial charge >= 0.3 is 0 Å². The molecule has 0 aliphatic heterocycles. The number of nitrogens with zero attached hydrogens (tertiary/aromatic N) is 4. The second-order valence-corrected chi connectivity index (χ2v) is 16.0. The summed E-state index contributed by atoms with van der Waals surface area (Å²) < 4.78 is 1.21. The van der Waals surface area contributed by atoms with Crippen LogP contribution in [0.1, 0.15) is 0 Å². The molecule has 286 valence electrons. The SMILES string of the molecule is c1ccc(-c2ccc(-c3nc(-c4ccc(-c5ccccc5)cc4)nc(-c4cccc(-c5nc6ccccc6c6sc(-c7ccccc7)c(-c7ccccc7)c56)c4)n3)cc2)cc1. The minimum atomic E-state index is 0.594. The Morgan fingerprint density at radius 3 is 1.26 bits per heavy atom. The molecule has 3 aromatic heterocycles. The van der Waals surface area contributed by atoms with Gasteiger partial charge in [-0.2, -0.15) is 0 Å². The highest BCUT2D eigenvalue weighted by Gasteiger charge is 2.23. The Morgan fingerprint density at radius 1 is 0.295 bits per heavy atom. The first-order valence-electron chi connectivity index (χ1n) is 20.4. The zero-order chi connectivity index (χ0) is 40.5. The first-order valence-corrected chi connectivity index (χ1v) is 21.2. The largest absolute Gasteiger partial charge is 0.247 e. The molecular weight excluding hydrogens is 761 g/mol. The minimum Gasteiger partial charge on any atom is -0.247 e. The van der Waals surface area contributed by atoms with E-state index in [-0.39, 0.29) is 0 Å². The zero-order valence-electron chi connectivity index (χ0n) is 33.0. The smallest absolute Gasteiger partial charge is 0.164 e. The zero-order valence-corrected chi connectivity index (χ0v) is 33.8. The van der Waals surface area contributed by atoms with Crippen LogP contribution in [0.4, 0.5) is 0 Å². The van der Waals surface area contributed by atoms with Crippen LogP contribution < -0.4 is 0 Å². The summed E-state index contributed by atoms with van der Waals surface area (Å²) in [6, 6.07) is 76.2. The lowest BCUT2D eigenvalue weighted by Crippen LogP contribution is -2.00. The van der Waals surface area contributed by atoms with Crippen molar-refractivity contribution < 1.29 is 0 Å². The van der Waals surface area contributed by atoms with Crippen molar-refractivity contribution in [1.82, 2.24) is 19.9 Å². The van der Waals surface area contributed by atoms with Gasteiger partial charge in [-0.15, -0.1) is 11.3 Å². The van der Waals surface area contributed by atoms with Gasteiger partial charge in [0, 0.05) is 48.2 Å². The fraction of sp³-hybridized carbons (Fsp3) is 0. The average Bonchev–Trinajstić information content (AvgIpc) is 3.76. The van der Waals surface area contributed by atoms with Gasteiger partial charge in [-0.1, -0.05) is 206 Å². The molecule has 0 amide bonds. The highest BCUT2D eigenvalue weighted by Crippen LogP contribution is 2.50. The van der Waals surface area contributed by atoms with Gasteiger partial charge in [0.05, 0.1) is 11.2 Å². The van der Waals surface area contributed by atoms with Crippen molar-refractivity contribution in [2.24, 2.45) is 0 Å². The molecule has 0 bridgehead atoms.